The Hall–Kier alpha value is -3.54. The molecule has 2 atom stereocenters. The average molecular weight is 607 g/mol. The first-order valence-electron chi connectivity index (χ1n) is 14.8. The quantitative estimate of drug-likeness (QED) is 0.126. The number of hydrogen-bond donors (Lipinski definition) is 6. The number of carbonyl (C=O) groups is 1. The van der Waals surface area contributed by atoms with Crippen molar-refractivity contribution < 1.29 is 23.7 Å². The van der Waals surface area contributed by atoms with Crippen molar-refractivity contribution in [2.75, 3.05) is 30.3 Å². The van der Waals surface area contributed by atoms with Gasteiger partial charge in [-0.05, 0) is 66.6 Å². The standard InChI is InChI=1S/C33H42N4O5S/c1-3-25-21-35-32-28(25)18-26(19-30(32)37-14-7-8-15-43(37,40)41)33(39)36-29(17-23-10-5-4-6-11-23)31(38)22-34-20-24-12-9-13-27(16-24)42-2/h4-6,9-13,16,18-19,21,29,31,34-35,38,40-41H,3,7-8,14-15,17,20,22H2,1-2H3,(H,36,39)/t29-,31+/m0/s1. The third-order valence-corrected chi connectivity index (χ3v) is 9.97. The molecule has 4 aromatic rings. The minimum Gasteiger partial charge on any atom is -0.497 e. The molecule has 5 rings (SSSR count). The maximum Gasteiger partial charge on any atom is 0.251 e. The van der Waals surface area contributed by atoms with Gasteiger partial charge in [0.15, 0.2) is 0 Å². The fourth-order valence-corrected chi connectivity index (χ4v) is 7.36. The van der Waals surface area contributed by atoms with Crippen LogP contribution < -0.4 is 19.7 Å². The predicted molar refractivity (Wildman–Crippen MR) is 174 cm³/mol. The van der Waals surface area contributed by atoms with Crippen molar-refractivity contribution in [3.63, 3.8) is 0 Å². The van der Waals surface area contributed by atoms with Crippen molar-refractivity contribution in [1.82, 2.24) is 15.6 Å². The van der Waals surface area contributed by atoms with Crippen LogP contribution in [-0.4, -0.2) is 63.2 Å². The Labute approximate surface area is 254 Å². The van der Waals surface area contributed by atoms with Gasteiger partial charge < -0.3 is 25.5 Å². The van der Waals surface area contributed by atoms with E-state index in [1.165, 1.54) is 0 Å². The largest absolute Gasteiger partial charge is 0.497 e. The zero-order valence-electron chi connectivity index (χ0n) is 24.8. The summed E-state index contributed by atoms with van der Waals surface area (Å²) in [5, 5.41) is 18.6. The normalized spacial score (nSPS) is 16.9. The van der Waals surface area contributed by atoms with Crippen LogP contribution in [-0.2, 0) is 19.4 Å². The number of hydrogen-bond acceptors (Lipinski definition) is 7. The average Bonchev–Trinajstić information content (AvgIpc) is 3.44. The molecule has 10 heteroatoms. The van der Waals surface area contributed by atoms with E-state index in [1.807, 2.05) is 73.8 Å². The highest BCUT2D eigenvalue weighted by Crippen LogP contribution is 2.51. The van der Waals surface area contributed by atoms with Crippen molar-refractivity contribution >= 4 is 33.3 Å². The molecular formula is C33H42N4O5S. The number of rotatable bonds is 12. The topological polar surface area (TPSA) is 130 Å². The van der Waals surface area contributed by atoms with Crippen LogP contribution in [0.4, 0.5) is 5.69 Å². The summed E-state index contributed by atoms with van der Waals surface area (Å²) in [7, 11) is -1.37. The van der Waals surface area contributed by atoms with E-state index in [4.69, 9.17) is 4.74 Å². The number of anilines is 1. The van der Waals surface area contributed by atoms with E-state index >= 15 is 0 Å². The van der Waals surface area contributed by atoms with Gasteiger partial charge in [0.1, 0.15) is 5.75 Å². The summed E-state index contributed by atoms with van der Waals surface area (Å²) in [5.74, 6) is 0.748. The molecule has 1 amide bonds. The second kappa shape index (κ2) is 13.8. The summed E-state index contributed by atoms with van der Waals surface area (Å²) in [6.45, 7) is 3.35. The van der Waals surface area contributed by atoms with Crippen molar-refractivity contribution in [1.29, 1.82) is 0 Å². The van der Waals surface area contributed by atoms with Gasteiger partial charge in [-0.2, -0.15) is 0 Å². The highest BCUT2D eigenvalue weighted by molar-refractivity contribution is 8.25. The molecule has 1 aliphatic heterocycles. The Morgan fingerprint density at radius 1 is 1.07 bits per heavy atom. The van der Waals surface area contributed by atoms with Crippen molar-refractivity contribution in [2.45, 2.75) is 51.3 Å². The van der Waals surface area contributed by atoms with E-state index in [9.17, 15) is 19.0 Å². The van der Waals surface area contributed by atoms with E-state index in [0.717, 1.165) is 52.6 Å². The van der Waals surface area contributed by atoms with Gasteiger partial charge in [-0.15, -0.1) is 10.8 Å². The Morgan fingerprint density at radius 3 is 2.60 bits per heavy atom. The summed E-state index contributed by atoms with van der Waals surface area (Å²) >= 11 is 0. The first-order valence-corrected chi connectivity index (χ1v) is 16.5. The Balaban J connectivity index is 1.39. The van der Waals surface area contributed by atoms with E-state index in [-0.39, 0.29) is 12.5 Å². The Morgan fingerprint density at radius 2 is 1.86 bits per heavy atom. The van der Waals surface area contributed by atoms with E-state index in [0.29, 0.717) is 36.5 Å². The number of fused-ring (bicyclic) bond motifs is 1. The van der Waals surface area contributed by atoms with Gasteiger partial charge in [0, 0.05) is 36.8 Å². The van der Waals surface area contributed by atoms with Gasteiger partial charge in [-0.25, -0.2) is 0 Å². The van der Waals surface area contributed by atoms with Crippen LogP contribution in [0, 0.1) is 0 Å². The Bertz CT molecular complexity index is 1530. The van der Waals surface area contributed by atoms with Crippen LogP contribution in [0.15, 0.2) is 72.9 Å². The first-order chi connectivity index (χ1) is 20.8. The molecule has 0 aliphatic carbocycles. The van der Waals surface area contributed by atoms with Crippen LogP contribution >= 0.6 is 10.8 Å². The number of aryl methyl sites for hydroxylation is 1. The van der Waals surface area contributed by atoms with Crippen molar-refractivity contribution in [2.24, 2.45) is 0 Å². The predicted octanol–water partition coefficient (Wildman–Crippen LogP) is 5.50. The number of aliphatic hydroxyl groups is 1. The highest BCUT2D eigenvalue weighted by Gasteiger charge is 2.30. The lowest BCUT2D eigenvalue weighted by Crippen LogP contribution is -2.48. The van der Waals surface area contributed by atoms with Gasteiger partial charge in [0.05, 0.1) is 36.2 Å². The zero-order chi connectivity index (χ0) is 30.4. The summed E-state index contributed by atoms with van der Waals surface area (Å²) in [4.78, 5) is 17.2. The minimum atomic E-state index is -3.00. The van der Waals surface area contributed by atoms with Crippen LogP contribution in [0.2, 0.25) is 0 Å². The molecule has 230 valence electrons. The van der Waals surface area contributed by atoms with Crippen LogP contribution in [0.1, 0.15) is 46.8 Å². The third-order valence-electron chi connectivity index (χ3n) is 8.04. The van der Waals surface area contributed by atoms with Crippen LogP contribution in [0.25, 0.3) is 10.9 Å². The SMILES string of the molecule is CCc1c[nH]c2c(N3CCCCS3(O)O)cc(C(=O)N[C@@H](Cc3ccccc3)[C@H](O)CNCc3cccc(OC)c3)cc12. The maximum absolute atomic E-state index is 13.9. The van der Waals surface area contributed by atoms with Gasteiger partial charge in [0.2, 0.25) is 0 Å². The Kier molecular flexibility index (Phi) is 9.94. The van der Waals surface area contributed by atoms with E-state index in [2.05, 4.69) is 15.6 Å². The molecule has 43 heavy (non-hydrogen) atoms. The first kappa shape index (κ1) is 30.9. The molecule has 6 N–H and O–H groups in total. The van der Waals surface area contributed by atoms with Crippen molar-refractivity contribution in [3.8, 4) is 5.75 Å². The van der Waals surface area contributed by atoms with Gasteiger partial charge >= 0.3 is 0 Å². The molecule has 1 saturated heterocycles. The molecule has 0 saturated carbocycles. The molecule has 2 heterocycles. The number of nitrogens with one attached hydrogen (secondary N) is 3. The smallest absolute Gasteiger partial charge is 0.251 e. The summed E-state index contributed by atoms with van der Waals surface area (Å²) in [5.41, 5.74) is 4.88. The number of methoxy groups -OCH3 is 1. The van der Waals surface area contributed by atoms with Gasteiger partial charge in [0.25, 0.3) is 5.91 Å². The summed E-state index contributed by atoms with van der Waals surface area (Å²) < 4.78 is 28.8. The molecule has 0 bridgehead atoms. The zero-order valence-corrected chi connectivity index (χ0v) is 25.6. The minimum absolute atomic E-state index is 0.270. The molecular weight excluding hydrogens is 564 g/mol. The summed E-state index contributed by atoms with van der Waals surface area (Å²) in [6.07, 6.45) is 3.84. The number of aliphatic hydroxyl groups excluding tert-OH is 1. The van der Waals surface area contributed by atoms with Crippen LogP contribution in [0.5, 0.6) is 5.75 Å². The highest BCUT2D eigenvalue weighted by atomic mass is 32.3. The second-order valence-corrected chi connectivity index (χ2v) is 13.2. The molecule has 3 aromatic carbocycles. The number of amides is 1. The lowest BCUT2D eigenvalue weighted by atomic mass is 9.99. The second-order valence-electron chi connectivity index (χ2n) is 11.1. The number of nitrogens with zero attached hydrogens (tertiary/aromatic N) is 1. The summed E-state index contributed by atoms with van der Waals surface area (Å²) in [6, 6.07) is 20.5. The fraction of sp³-hybridized carbons (Fsp3) is 0.364. The number of carbonyl (C=O) groups excluding carboxylic acids is 1. The third kappa shape index (κ3) is 7.34. The van der Waals surface area contributed by atoms with E-state index in [1.54, 1.807) is 17.5 Å². The molecule has 0 radical (unpaired) electrons. The molecule has 1 fully saturated rings. The van der Waals surface area contributed by atoms with Crippen molar-refractivity contribution in [3.05, 3.63) is 95.2 Å². The number of aromatic amines is 1. The number of ether oxygens (including phenoxy) is 1. The lowest BCUT2D eigenvalue weighted by Gasteiger charge is -2.47. The van der Waals surface area contributed by atoms with Gasteiger partial charge in [-0.1, -0.05) is 49.4 Å². The van der Waals surface area contributed by atoms with Gasteiger partial charge in [-0.3, -0.25) is 18.2 Å². The molecule has 1 aromatic heterocycles. The number of benzene rings is 3. The number of H-pyrrole nitrogens is 1. The maximum atomic E-state index is 13.9. The fourth-order valence-electron chi connectivity index (χ4n) is 5.67. The molecule has 9 nitrogen and oxygen atoms in total. The number of aromatic nitrogens is 1. The van der Waals surface area contributed by atoms with E-state index < -0.39 is 22.9 Å². The monoisotopic (exact) mass is 606 g/mol. The lowest BCUT2D eigenvalue weighted by molar-refractivity contribution is 0.0830. The molecule has 0 spiro atoms. The van der Waals surface area contributed by atoms with Crippen LogP contribution in [0.3, 0.4) is 0 Å². The molecule has 0 unspecified atom stereocenters. The molecule has 1 aliphatic rings.